The summed E-state index contributed by atoms with van der Waals surface area (Å²) in [6.07, 6.45) is 10.4. The highest BCUT2D eigenvalue weighted by atomic mass is 32.1. The number of allylic oxidation sites excluding steroid dienone is 1. The molecule has 5 nitrogen and oxygen atoms in total. The van der Waals surface area contributed by atoms with E-state index in [9.17, 15) is 14.4 Å². The Morgan fingerprint density at radius 2 is 1.94 bits per heavy atom. The van der Waals surface area contributed by atoms with E-state index >= 15 is 0 Å². The van der Waals surface area contributed by atoms with Gasteiger partial charge in [0.2, 0.25) is 5.91 Å². The lowest BCUT2D eigenvalue weighted by Crippen LogP contribution is -2.51. The Bertz CT molecular complexity index is 985. The first-order valence-electron chi connectivity index (χ1n) is 13.0. The monoisotopic (exact) mass is 483 g/mol. The molecule has 0 aromatic carbocycles. The Balaban J connectivity index is 1.17. The summed E-state index contributed by atoms with van der Waals surface area (Å²) in [5.41, 5.74) is 1.59. The third kappa shape index (κ3) is 4.27. The number of nitrogens with one attached hydrogen (secondary N) is 1. The molecule has 34 heavy (non-hydrogen) atoms. The number of hydrogen-bond donors (Lipinski definition) is 1. The fourth-order valence-electron chi connectivity index (χ4n) is 7.83. The molecule has 1 amide bonds. The maximum Gasteiger partial charge on any atom is 0.306 e. The van der Waals surface area contributed by atoms with Crippen molar-refractivity contribution >= 4 is 29.0 Å². The Labute approximate surface area is 206 Å². The summed E-state index contributed by atoms with van der Waals surface area (Å²) < 4.78 is 6.04. The first-order chi connectivity index (χ1) is 16.3. The zero-order valence-corrected chi connectivity index (χ0v) is 21.3. The normalized spacial score (nSPS) is 36.6. The first-order valence-corrected chi connectivity index (χ1v) is 13.9. The number of fused-ring (bicyclic) bond motifs is 5. The number of hydrogen-bond acceptors (Lipinski definition) is 5. The molecule has 5 rings (SSSR count). The highest BCUT2D eigenvalue weighted by molar-refractivity contribution is 7.09. The highest BCUT2D eigenvalue weighted by Gasteiger charge is 2.59. The van der Waals surface area contributed by atoms with E-state index in [4.69, 9.17) is 4.74 Å². The van der Waals surface area contributed by atoms with Gasteiger partial charge < -0.3 is 10.1 Å². The lowest BCUT2D eigenvalue weighted by Gasteiger charge is -2.57. The van der Waals surface area contributed by atoms with Crippen molar-refractivity contribution in [2.45, 2.75) is 90.7 Å². The lowest BCUT2D eigenvalue weighted by molar-refractivity contribution is -0.160. The second-order valence-corrected chi connectivity index (χ2v) is 12.5. The van der Waals surface area contributed by atoms with Crippen LogP contribution in [-0.4, -0.2) is 23.8 Å². The summed E-state index contributed by atoms with van der Waals surface area (Å²) in [6.45, 7) is 5.26. The summed E-state index contributed by atoms with van der Waals surface area (Å²) in [5.74, 6) is 1.83. The van der Waals surface area contributed by atoms with Crippen molar-refractivity contribution in [3.63, 3.8) is 0 Å². The molecule has 6 atom stereocenters. The fraction of sp³-hybridized carbons (Fsp3) is 0.679. The van der Waals surface area contributed by atoms with Crippen LogP contribution in [0.3, 0.4) is 0 Å². The molecule has 0 aliphatic heterocycles. The number of thiophene rings is 1. The molecule has 4 aliphatic rings. The van der Waals surface area contributed by atoms with Crippen molar-refractivity contribution in [2.24, 2.45) is 28.6 Å². The summed E-state index contributed by atoms with van der Waals surface area (Å²) >= 11 is 1.61. The number of ketones is 1. The van der Waals surface area contributed by atoms with Gasteiger partial charge in [0.25, 0.3) is 0 Å². The average Bonchev–Trinajstić information content (AvgIpc) is 3.45. The summed E-state index contributed by atoms with van der Waals surface area (Å²) in [5, 5.41) is 4.87. The summed E-state index contributed by atoms with van der Waals surface area (Å²) in [6, 6.07) is 3.95. The lowest BCUT2D eigenvalue weighted by atomic mass is 9.47. The van der Waals surface area contributed by atoms with Gasteiger partial charge in [0.05, 0.1) is 13.0 Å². The van der Waals surface area contributed by atoms with E-state index in [0.717, 1.165) is 49.8 Å². The van der Waals surface area contributed by atoms with Crippen molar-refractivity contribution in [1.29, 1.82) is 0 Å². The molecular formula is C28H37NO4S. The van der Waals surface area contributed by atoms with Crippen LogP contribution in [0.2, 0.25) is 0 Å². The molecule has 0 spiro atoms. The quantitative estimate of drug-likeness (QED) is 0.536. The predicted octanol–water partition coefficient (Wildman–Crippen LogP) is 5.59. The molecule has 1 N–H and O–H groups in total. The largest absolute Gasteiger partial charge is 0.462 e. The topological polar surface area (TPSA) is 72.5 Å². The minimum atomic E-state index is -0.244. The van der Waals surface area contributed by atoms with Gasteiger partial charge in [-0.15, -0.1) is 11.3 Å². The Hall–Kier alpha value is -1.95. The summed E-state index contributed by atoms with van der Waals surface area (Å²) in [7, 11) is 0. The number of ether oxygens (including phenoxy) is 1. The van der Waals surface area contributed by atoms with Crippen LogP contribution in [0.25, 0.3) is 0 Å². The molecular weight excluding hydrogens is 446 g/mol. The standard InChI is InChI=1S/C28H37NO4S/c1-27-13-11-19(30)16-18(27)5-6-21-22-7-8-24(28(22,2)14-12-23(21)27)33-26(32)10-9-25(31)29-17-20-4-3-15-34-20/h3-4,15-16,21-24H,5-14,17H2,1-2H3,(H,29,31)/t21-,22-,23-,24+,27-,28-/m0/s1. The van der Waals surface area contributed by atoms with E-state index in [1.54, 1.807) is 11.3 Å². The van der Waals surface area contributed by atoms with E-state index in [1.165, 1.54) is 5.57 Å². The molecule has 3 saturated carbocycles. The van der Waals surface area contributed by atoms with Gasteiger partial charge in [-0.3, -0.25) is 14.4 Å². The van der Waals surface area contributed by atoms with Crippen molar-refractivity contribution in [1.82, 2.24) is 5.32 Å². The van der Waals surface area contributed by atoms with Gasteiger partial charge in [-0.2, -0.15) is 0 Å². The zero-order chi connectivity index (χ0) is 23.9. The second-order valence-electron chi connectivity index (χ2n) is 11.4. The Morgan fingerprint density at radius 1 is 1.09 bits per heavy atom. The van der Waals surface area contributed by atoms with Crippen LogP contribution >= 0.6 is 11.3 Å². The van der Waals surface area contributed by atoms with Crippen molar-refractivity contribution in [3.8, 4) is 0 Å². The van der Waals surface area contributed by atoms with E-state index in [0.29, 0.717) is 36.5 Å². The minimum absolute atomic E-state index is 0.0281. The molecule has 1 aromatic heterocycles. The van der Waals surface area contributed by atoms with Crippen LogP contribution < -0.4 is 5.32 Å². The second kappa shape index (κ2) is 9.25. The molecule has 0 bridgehead atoms. The number of rotatable bonds is 6. The van der Waals surface area contributed by atoms with Gasteiger partial charge >= 0.3 is 5.97 Å². The van der Waals surface area contributed by atoms with Gasteiger partial charge in [-0.25, -0.2) is 0 Å². The average molecular weight is 484 g/mol. The van der Waals surface area contributed by atoms with E-state index < -0.39 is 0 Å². The maximum absolute atomic E-state index is 12.7. The van der Waals surface area contributed by atoms with Crippen LogP contribution in [0.5, 0.6) is 0 Å². The SMILES string of the molecule is C[C@]12CC[C@H]3[C@@H](CCC4=CC(=O)CC[C@@]43C)[C@@H]1CC[C@H]2OC(=O)CCC(=O)NCc1cccs1. The summed E-state index contributed by atoms with van der Waals surface area (Å²) in [4.78, 5) is 38.0. The Kier molecular flexibility index (Phi) is 6.47. The van der Waals surface area contributed by atoms with Gasteiger partial charge in [0.1, 0.15) is 6.10 Å². The minimum Gasteiger partial charge on any atom is -0.462 e. The van der Waals surface area contributed by atoms with E-state index in [1.807, 2.05) is 23.6 Å². The number of carbonyl (C=O) groups is 3. The van der Waals surface area contributed by atoms with Crippen molar-refractivity contribution in [3.05, 3.63) is 34.0 Å². The maximum atomic E-state index is 12.7. The van der Waals surface area contributed by atoms with Crippen molar-refractivity contribution < 1.29 is 19.1 Å². The molecule has 1 heterocycles. The molecule has 0 unspecified atom stereocenters. The van der Waals surface area contributed by atoms with Crippen LogP contribution in [0.4, 0.5) is 0 Å². The van der Waals surface area contributed by atoms with Gasteiger partial charge in [0, 0.05) is 23.1 Å². The van der Waals surface area contributed by atoms with Crippen LogP contribution in [0.15, 0.2) is 29.2 Å². The van der Waals surface area contributed by atoms with Gasteiger partial charge in [-0.05, 0) is 85.6 Å². The molecule has 0 saturated heterocycles. The molecule has 6 heteroatoms. The number of esters is 1. The third-order valence-corrected chi connectivity index (χ3v) is 10.6. The van der Waals surface area contributed by atoms with Crippen molar-refractivity contribution in [2.75, 3.05) is 0 Å². The van der Waals surface area contributed by atoms with Crippen LogP contribution in [0, 0.1) is 28.6 Å². The molecule has 184 valence electrons. The highest BCUT2D eigenvalue weighted by Crippen LogP contribution is 2.65. The van der Waals surface area contributed by atoms with Gasteiger partial charge in [0.15, 0.2) is 5.78 Å². The fourth-order valence-corrected chi connectivity index (χ4v) is 8.47. The van der Waals surface area contributed by atoms with Crippen LogP contribution in [0.1, 0.15) is 82.9 Å². The molecule has 3 fully saturated rings. The molecule has 1 aromatic rings. The van der Waals surface area contributed by atoms with Gasteiger partial charge in [-0.1, -0.05) is 25.5 Å². The number of carbonyl (C=O) groups excluding carboxylic acids is 3. The molecule has 4 aliphatic carbocycles. The number of amides is 1. The Morgan fingerprint density at radius 3 is 2.74 bits per heavy atom. The first kappa shape index (κ1) is 23.8. The predicted molar refractivity (Wildman–Crippen MR) is 132 cm³/mol. The van der Waals surface area contributed by atoms with Crippen LogP contribution in [-0.2, 0) is 25.7 Å². The van der Waals surface area contributed by atoms with E-state index in [-0.39, 0.29) is 41.7 Å². The zero-order valence-electron chi connectivity index (χ0n) is 20.4. The smallest absolute Gasteiger partial charge is 0.306 e. The molecule has 0 radical (unpaired) electrons. The third-order valence-electron chi connectivity index (χ3n) is 9.74. The van der Waals surface area contributed by atoms with E-state index in [2.05, 4.69) is 19.2 Å².